The van der Waals surface area contributed by atoms with E-state index >= 15 is 0 Å². The zero-order valence-electron chi connectivity index (χ0n) is 7.18. The van der Waals surface area contributed by atoms with E-state index in [0.717, 1.165) is 11.1 Å². The molecule has 0 aliphatic rings. The Bertz CT molecular complexity index is 347. The van der Waals surface area contributed by atoms with Crippen molar-refractivity contribution in [1.29, 1.82) is 0 Å². The largest absolute Gasteiger partial charge is 0.262 e. The maximum Gasteiger partial charge on any atom is 0.0441 e. The minimum absolute atomic E-state index is 0.915. The van der Waals surface area contributed by atoms with Crippen LogP contribution in [-0.4, -0.2) is 4.98 Å². The first-order valence-electron chi connectivity index (χ1n) is 3.67. The molecule has 0 radical (unpaired) electrons. The summed E-state index contributed by atoms with van der Waals surface area (Å²) in [6, 6.07) is 1.93. The van der Waals surface area contributed by atoms with Gasteiger partial charge in [0.2, 0.25) is 0 Å². The van der Waals surface area contributed by atoms with Gasteiger partial charge < -0.3 is 0 Å². The Morgan fingerprint density at radius 3 is 1.92 bits per heavy atom. The highest BCUT2D eigenvalue weighted by Gasteiger charge is 1.88. The molecule has 0 amide bonds. The van der Waals surface area contributed by atoms with Gasteiger partial charge in [0.05, 0.1) is 0 Å². The monoisotopic (exact) mass is 155 g/mol. The van der Waals surface area contributed by atoms with E-state index in [0.29, 0.717) is 0 Å². The van der Waals surface area contributed by atoms with Crippen LogP contribution in [0.15, 0.2) is 18.5 Å². The molecular formula is C11H9N. The second kappa shape index (κ2) is 4.21. The molecule has 0 aliphatic carbocycles. The number of aromatic nitrogens is 1. The molecule has 0 bridgehead atoms. The summed E-state index contributed by atoms with van der Waals surface area (Å²) in [7, 11) is 0. The van der Waals surface area contributed by atoms with E-state index in [9.17, 15) is 0 Å². The summed E-state index contributed by atoms with van der Waals surface area (Å²) >= 11 is 0. The Kier molecular flexibility index (Phi) is 2.94. The molecule has 0 spiro atoms. The minimum atomic E-state index is 0.915. The molecule has 58 valence electrons. The standard InChI is InChI=1S/C11H9N/c1-3-5-10-7-11(6-4-2)9-12-8-10/h7-9H,1-2H3. The molecule has 12 heavy (non-hydrogen) atoms. The molecule has 1 heterocycles. The molecule has 1 nitrogen and oxygen atoms in total. The van der Waals surface area contributed by atoms with Gasteiger partial charge in [-0.1, -0.05) is 11.8 Å². The molecule has 1 aromatic rings. The Balaban J connectivity index is 3.06. The lowest BCUT2D eigenvalue weighted by atomic mass is 10.2. The van der Waals surface area contributed by atoms with Crippen LogP contribution in [0.5, 0.6) is 0 Å². The SMILES string of the molecule is CC#Cc1cncc(C#CC)c1. The third kappa shape index (κ3) is 2.15. The van der Waals surface area contributed by atoms with Gasteiger partial charge >= 0.3 is 0 Å². The first kappa shape index (κ1) is 8.37. The third-order valence-corrected chi connectivity index (χ3v) is 1.28. The Hall–Kier alpha value is -1.73. The fraction of sp³-hybridized carbons (Fsp3) is 0.182. The molecule has 0 N–H and O–H groups in total. The summed E-state index contributed by atoms with van der Waals surface area (Å²) in [5.74, 6) is 11.5. The van der Waals surface area contributed by atoms with E-state index in [2.05, 4.69) is 28.7 Å². The van der Waals surface area contributed by atoms with Crippen molar-refractivity contribution < 1.29 is 0 Å². The van der Waals surface area contributed by atoms with E-state index < -0.39 is 0 Å². The van der Waals surface area contributed by atoms with E-state index in [1.165, 1.54) is 0 Å². The second-order valence-electron chi connectivity index (χ2n) is 2.21. The summed E-state index contributed by atoms with van der Waals surface area (Å²) < 4.78 is 0. The molecule has 0 unspecified atom stereocenters. The van der Waals surface area contributed by atoms with Gasteiger partial charge in [-0.3, -0.25) is 4.98 Å². The van der Waals surface area contributed by atoms with Crippen molar-refractivity contribution in [3.63, 3.8) is 0 Å². The van der Waals surface area contributed by atoms with Gasteiger partial charge in [0, 0.05) is 23.5 Å². The first-order chi connectivity index (χ1) is 5.86. The average molecular weight is 155 g/mol. The lowest BCUT2D eigenvalue weighted by Crippen LogP contribution is -1.81. The summed E-state index contributed by atoms with van der Waals surface area (Å²) in [5.41, 5.74) is 1.83. The molecule has 0 aromatic carbocycles. The third-order valence-electron chi connectivity index (χ3n) is 1.28. The highest BCUT2D eigenvalue weighted by atomic mass is 14.6. The first-order valence-corrected chi connectivity index (χ1v) is 3.67. The van der Waals surface area contributed by atoms with Gasteiger partial charge in [0.25, 0.3) is 0 Å². The number of hydrogen-bond donors (Lipinski definition) is 0. The van der Waals surface area contributed by atoms with Gasteiger partial charge in [-0.2, -0.15) is 0 Å². The lowest BCUT2D eigenvalue weighted by Gasteiger charge is -1.90. The van der Waals surface area contributed by atoms with Crippen LogP contribution in [0.1, 0.15) is 25.0 Å². The summed E-state index contributed by atoms with van der Waals surface area (Å²) in [5, 5.41) is 0. The maximum atomic E-state index is 4.02. The summed E-state index contributed by atoms with van der Waals surface area (Å²) in [6.45, 7) is 3.61. The molecule has 0 saturated carbocycles. The predicted octanol–water partition coefficient (Wildman–Crippen LogP) is 1.82. The van der Waals surface area contributed by atoms with Crippen molar-refractivity contribution >= 4 is 0 Å². The highest BCUT2D eigenvalue weighted by Crippen LogP contribution is 1.98. The Morgan fingerprint density at radius 2 is 1.50 bits per heavy atom. The zero-order valence-corrected chi connectivity index (χ0v) is 7.18. The predicted molar refractivity (Wildman–Crippen MR) is 49.3 cm³/mol. The van der Waals surface area contributed by atoms with Crippen molar-refractivity contribution in [1.82, 2.24) is 4.98 Å². The maximum absolute atomic E-state index is 4.02. The van der Waals surface area contributed by atoms with Crippen LogP contribution in [-0.2, 0) is 0 Å². The van der Waals surface area contributed by atoms with Crippen LogP contribution >= 0.6 is 0 Å². The molecule has 0 atom stereocenters. The van der Waals surface area contributed by atoms with Crippen molar-refractivity contribution in [2.45, 2.75) is 13.8 Å². The smallest absolute Gasteiger partial charge is 0.0441 e. The van der Waals surface area contributed by atoms with Crippen LogP contribution in [0.3, 0.4) is 0 Å². The van der Waals surface area contributed by atoms with Gasteiger partial charge in [0.15, 0.2) is 0 Å². The van der Waals surface area contributed by atoms with Crippen molar-refractivity contribution in [2.24, 2.45) is 0 Å². The van der Waals surface area contributed by atoms with E-state index in [4.69, 9.17) is 0 Å². The van der Waals surface area contributed by atoms with Crippen LogP contribution in [0, 0.1) is 23.7 Å². The van der Waals surface area contributed by atoms with Crippen LogP contribution in [0.2, 0.25) is 0 Å². The molecule has 0 saturated heterocycles. The minimum Gasteiger partial charge on any atom is -0.262 e. The number of pyridine rings is 1. The van der Waals surface area contributed by atoms with E-state index in [1.54, 1.807) is 26.2 Å². The zero-order chi connectivity index (χ0) is 8.81. The molecule has 0 fully saturated rings. The number of rotatable bonds is 0. The topological polar surface area (TPSA) is 12.9 Å². The molecule has 1 heteroatoms. The molecular weight excluding hydrogens is 146 g/mol. The van der Waals surface area contributed by atoms with E-state index in [-0.39, 0.29) is 0 Å². The van der Waals surface area contributed by atoms with Gasteiger partial charge in [0.1, 0.15) is 0 Å². The van der Waals surface area contributed by atoms with Crippen molar-refractivity contribution in [3.05, 3.63) is 29.6 Å². The number of hydrogen-bond acceptors (Lipinski definition) is 1. The number of nitrogens with zero attached hydrogens (tertiary/aromatic N) is 1. The molecule has 1 rings (SSSR count). The Labute approximate surface area is 72.8 Å². The van der Waals surface area contributed by atoms with Crippen molar-refractivity contribution in [2.75, 3.05) is 0 Å². The Morgan fingerprint density at radius 1 is 1.00 bits per heavy atom. The van der Waals surface area contributed by atoms with Gasteiger partial charge in [-0.25, -0.2) is 0 Å². The van der Waals surface area contributed by atoms with Gasteiger partial charge in [-0.15, -0.1) is 11.8 Å². The summed E-state index contributed by atoms with van der Waals surface area (Å²) in [6.07, 6.45) is 3.47. The van der Waals surface area contributed by atoms with Crippen molar-refractivity contribution in [3.8, 4) is 23.7 Å². The fourth-order valence-electron chi connectivity index (χ4n) is 0.865. The normalized spacial score (nSPS) is 7.50. The van der Waals surface area contributed by atoms with E-state index in [1.807, 2.05) is 6.07 Å². The van der Waals surface area contributed by atoms with Crippen LogP contribution in [0.25, 0.3) is 0 Å². The lowest BCUT2D eigenvalue weighted by molar-refractivity contribution is 1.30. The molecule has 1 aromatic heterocycles. The highest BCUT2D eigenvalue weighted by molar-refractivity contribution is 5.40. The quantitative estimate of drug-likeness (QED) is 0.521. The van der Waals surface area contributed by atoms with Gasteiger partial charge in [-0.05, 0) is 19.9 Å². The fourth-order valence-corrected chi connectivity index (χ4v) is 0.865. The average Bonchev–Trinajstić information content (AvgIpc) is 2.06. The van der Waals surface area contributed by atoms with Crippen LogP contribution in [0.4, 0.5) is 0 Å². The summed E-state index contributed by atoms with van der Waals surface area (Å²) in [4.78, 5) is 4.02. The van der Waals surface area contributed by atoms with Crippen LogP contribution < -0.4 is 0 Å². The second-order valence-corrected chi connectivity index (χ2v) is 2.21. The molecule has 0 aliphatic heterocycles.